The average molecular weight is 269 g/mol. The van der Waals surface area contributed by atoms with E-state index in [-0.39, 0.29) is 23.1 Å². The third-order valence-corrected chi connectivity index (χ3v) is 3.51. The van der Waals surface area contributed by atoms with E-state index in [0.717, 1.165) is 0 Å². The highest BCUT2D eigenvalue weighted by Gasteiger charge is 2.16. The third kappa shape index (κ3) is 2.60. The number of aliphatic hydroxyl groups is 1. The Kier molecular flexibility index (Phi) is 3.21. The first kappa shape index (κ1) is 12.4. The molecular formula is C10H11N3O4S. The van der Waals surface area contributed by atoms with Crippen molar-refractivity contribution in [3.63, 3.8) is 0 Å². The van der Waals surface area contributed by atoms with Crippen molar-refractivity contribution in [2.45, 2.75) is 11.5 Å². The lowest BCUT2D eigenvalue weighted by molar-refractivity contribution is 0.229. The molecule has 1 heterocycles. The summed E-state index contributed by atoms with van der Waals surface area (Å²) < 4.78 is 30.7. The normalized spacial score (nSPS) is 11.4. The van der Waals surface area contributed by atoms with E-state index < -0.39 is 10.0 Å². The molecule has 7 nitrogen and oxygen atoms in total. The summed E-state index contributed by atoms with van der Waals surface area (Å²) in [4.78, 5) is 0.0604. The third-order valence-electron chi connectivity index (χ3n) is 2.14. The van der Waals surface area contributed by atoms with Crippen molar-refractivity contribution in [3.05, 3.63) is 36.1 Å². The maximum absolute atomic E-state index is 11.9. The number of rotatable bonds is 4. The molecule has 0 radical (unpaired) electrons. The van der Waals surface area contributed by atoms with E-state index >= 15 is 0 Å². The van der Waals surface area contributed by atoms with Crippen LogP contribution in [0.3, 0.4) is 0 Å². The van der Waals surface area contributed by atoms with Gasteiger partial charge >= 0.3 is 0 Å². The molecule has 0 aliphatic carbocycles. The topological polar surface area (TPSA) is 118 Å². The Hall–Kier alpha value is -2.06. The molecule has 96 valence electrons. The van der Waals surface area contributed by atoms with E-state index in [2.05, 4.69) is 14.4 Å². The van der Waals surface area contributed by atoms with Gasteiger partial charge in [-0.15, -0.1) is 0 Å². The van der Waals surface area contributed by atoms with Crippen molar-refractivity contribution in [3.8, 4) is 0 Å². The Labute approximate surface area is 103 Å². The molecule has 0 unspecified atom stereocenters. The van der Waals surface area contributed by atoms with E-state index in [9.17, 15) is 8.42 Å². The molecule has 0 amide bonds. The average Bonchev–Trinajstić information content (AvgIpc) is 2.76. The zero-order chi connectivity index (χ0) is 13.2. The van der Waals surface area contributed by atoms with Crippen LogP contribution < -0.4 is 10.5 Å². The molecule has 0 atom stereocenters. The van der Waals surface area contributed by atoms with Gasteiger partial charge in [-0.2, -0.15) is 0 Å². The number of aromatic nitrogens is 1. The van der Waals surface area contributed by atoms with E-state index in [1.807, 2.05) is 0 Å². The first-order valence-corrected chi connectivity index (χ1v) is 6.44. The summed E-state index contributed by atoms with van der Waals surface area (Å²) >= 11 is 0. The summed E-state index contributed by atoms with van der Waals surface area (Å²) in [5.74, 6) is 0.181. The summed E-state index contributed by atoms with van der Waals surface area (Å²) in [5.41, 5.74) is 5.94. The van der Waals surface area contributed by atoms with Crippen LogP contribution in [0.15, 0.2) is 39.8 Å². The molecule has 0 fully saturated rings. The highest BCUT2D eigenvalue weighted by Crippen LogP contribution is 2.17. The minimum atomic E-state index is -3.73. The fraction of sp³-hybridized carbons (Fsp3) is 0.100. The fourth-order valence-corrected chi connectivity index (χ4v) is 2.26. The molecule has 18 heavy (non-hydrogen) atoms. The van der Waals surface area contributed by atoms with Gasteiger partial charge in [0.15, 0.2) is 11.6 Å². The van der Waals surface area contributed by atoms with Crippen LogP contribution >= 0.6 is 0 Å². The minimum Gasteiger partial charge on any atom is -0.399 e. The van der Waals surface area contributed by atoms with Crippen molar-refractivity contribution in [2.75, 3.05) is 10.5 Å². The quantitative estimate of drug-likeness (QED) is 0.697. The molecule has 0 aliphatic rings. The second-order valence-electron chi connectivity index (χ2n) is 3.51. The first-order chi connectivity index (χ1) is 8.51. The lowest BCUT2D eigenvalue weighted by atomic mass is 10.3. The highest BCUT2D eigenvalue weighted by atomic mass is 32.2. The Morgan fingerprint density at radius 3 is 2.56 bits per heavy atom. The molecule has 0 bridgehead atoms. The Morgan fingerprint density at radius 1 is 1.33 bits per heavy atom. The molecule has 2 rings (SSSR count). The maximum Gasteiger partial charge on any atom is 0.263 e. The number of sulfonamides is 1. The number of aliphatic hydroxyl groups excluding tert-OH is 1. The van der Waals surface area contributed by atoms with Gasteiger partial charge in [-0.25, -0.2) is 8.42 Å². The Morgan fingerprint density at radius 2 is 2.00 bits per heavy atom. The van der Waals surface area contributed by atoms with Gasteiger partial charge in [0.1, 0.15) is 6.61 Å². The second kappa shape index (κ2) is 4.67. The summed E-state index contributed by atoms with van der Waals surface area (Å²) in [6.45, 7) is -0.351. The summed E-state index contributed by atoms with van der Waals surface area (Å²) in [5, 5.41) is 12.2. The molecule has 2 aromatic rings. The monoisotopic (exact) mass is 269 g/mol. The van der Waals surface area contributed by atoms with Crippen LogP contribution in [-0.2, 0) is 16.6 Å². The number of nitrogen functional groups attached to an aromatic ring is 1. The SMILES string of the molecule is Nc1ccc(S(=O)(=O)Nc2cc(CO)on2)cc1. The molecule has 0 spiro atoms. The van der Waals surface area contributed by atoms with Gasteiger partial charge in [-0.3, -0.25) is 4.72 Å². The zero-order valence-corrected chi connectivity index (χ0v) is 10.0. The van der Waals surface area contributed by atoms with Gasteiger partial charge in [0.25, 0.3) is 10.0 Å². The number of nitrogens with one attached hydrogen (secondary N) is 1. The van der Waals surface area contributed by atoms with Crippen LogP contribution in [0.1, 0.15) is 5.76 Å². The number of nitrogens with two attached hydrogens (primary N) is 1. The number of hydrogen-bond donors (Lipinski definition) is 3. The largest absolute Gasteiger partial charge is 0.399 e. The highest BCUT2D eigenvalue weighted by molar-refractivity contribution is 7.92. The van der Waals surface area contributed by atoms with Gasteiger partial charge < -0.3 is 15.4 Å². The zero-order valence-electron chi connectivity index (χ0n) is 9.20. The van der Waals surface area contributed by atoms with Crippen LogP contribution in [0.4, 0.5) is 11.5 Å². The van der Waals surface area contributed by atoms with Crippen LogP contribution in [0.5, 0.6) is 0 Å². The van der Waals surface area contributed by atoms with Gasteiger partial charge in [0.05, 0.1) is 4.90 Å². The van der Waals surface area contributed by atoms with Gasteiger partial charge in [-0.1, -0.05) is 5.16 Å². The van der Waals surface area contributed by atoms with E-state index in [1.165, 1.54) is 30.3 Å². The number of anilines is 2. The Balaban J connectivity index is 2.24. The van der Waals surface area contributed by atoms with Gasteiger partial charge in [-0.05, 0) is 24.3 Å². The number of nitrogens with zero attached hydrogens (tertiary/aromatic N) is 1. The van der Waals surface area contributed by atoms with Crippen molar-refractivity contribution < 1.29 is 18.0 Å². The Bertz CT molecular complexity index is 633. The second-order valence-corrected chi connectivity index (χ2v) is 5.19. The molecule has 4 N–H and O–H groups in total. The van der Waals surface area contributed by atoms with Crippen molar-refractivity contribution in [2.24, 2.45) is 0 Å². The molecule has 0 saturated carbocycles. The minimum absolute atomic E-state index is 0.0101. The smallest absolute Gasteiger partial charge is 0.263 e. The molecule has 0 aliphatic heterocycles. The van der Waals surface area contributed by atoms with Crippen LogP contribution in [0.2, 0.25) is 0 Å². The lowest BCUT2D eigenvalue weighted by Crippen LogP contribution is -2.13. The van der Waals surface area contributed by atoms with Gasteiger partial charge in [0, 0.05) is 11.8 Å². The number of hydrogen-bond acceptors (Lipinski definition) is 6. The molecule has 1 aromatic heterocycles. The van der Waals surface area contributed by atoms with E-state index in [0.29, 0.717) is 5.69 Å². The van der Waals surface area contributed by atoms with Gasteiger partial charge in [0.2, 0.25) is 0 Å². The molecule has 1 aromatic carbocycles. The van der Waals surface area contributed by atoms with E-state index in [1.54, 1.807) is 0 Å². The molecule has 8 heteroatoms. The van der Waals surface area contributed by atoms with Crippen molar-refractivity contribution in [1.82, 2.24) is 5.16 Å². The predicted octanol–water partition coefficient (Wildman–Crippen LogP) is 0.550. The van der Waals surface area contributed by atoms with Crippen molar-refractivity contribution >= 4 is 21.5 Å². The predicted molar refractivity (Wildman–Crippen MR) is 64.1 cm³/mol. The lowest BCUT2D eigenvalue weighted by Gasteiger charge is -2.04. The van der Waals surface area contributed by atoms with Crippen molar-refractivity contribution in [1.29, 1.82) is 0 Å². The van der Waals surface area contributed by atoms with Crippen LogP contribution in [-0.4, -0.2) is 18.7 Å². The van der Waals surface area contributed by atoms with E-state index in [4.69, 9.17) is 10.8 Å². The first-order valence-electron chi connectivity index (χ1n) is 4.96. The summed E-state index contributed by atoms with van der Waals surface area (Å²) in [6.07, 6.45) is 0. The number of benzene rings is 1. The van der Waals surface area contributed by atoms with Crippen LogP contribution in [0, 0.1) is 0 Å². The fourth-order valence-electron chi connectivity index (χ4n) is 1.28. The molecule has 0 saturated heterocycles. The summed E-state index contributed by atoms with van der Waals surface area (Å²) in [6, 6.07) is 7.03. The standard InChI is InChI=1S/C10H11N3O4S/c11-7-1-3-9(4-2-7)18(15,16)13-10-5-8(6-14)17-12-10/h1-5,14H,6,11H2,(H,12,13). The summed E-state index contributed by atoms with van der Waals surface area (Å²) in [7, 11) is -3.73. The molecular weight excluding hydrogens is 258 g/mol. The van der Waals surface area contributed by atoms with Crippen LogP contribution in [0.25, 0.3) is 0 Å². The maximum atomic E-state index is 11.9.